The van der Waals surface area contributed by atoms with E-state index in [9.17, 15) is 18.0 Å². The lowest BCUT2D eigenvalue weighted by Crippen LogP contribution is -2.51. The molecular weight excluding hydrogens is 435 g/mol. The minimum atomic E-state index is -4.46. The van der Waals surface area contributed by atoms with Crippen LogP contribution in [0, 0.1) is 5.92 Å². The van der Waals surface area contributed by atoms with Gasteiger partial charge >= 0.3 is 6.18 Å². The predicted octanol–water partition coefficient (Wildman–Crippen LogP) is 4.02. The molecule has 4 atom stereocenters. The molecule has 1 aliphatic heterocycles. The van der Waals surface area contributed by atoms with Gasteiger partial charge in [-0.25, -0.2) is 15.0 Å². The third kappa shape index (κ3) is 3.90. The van der Waals surface area contributed by atoms with Crippen molar-refractivity contribution in [3.8, 4) is 17.3 Å². The highest BCUT2D eigenvalue weighted by Gasteiger charge is 2.53. The third-order valence-electron chi connectivity index (χ3n) is 6.37. The minimum absolute atomic E-state index is 0.0190. The van der Waals surface area contributed by atoms with Crippen molar-refractivity contribution >= 4 is 5.91 Å². The van der Waals surface area contributed by atoms with E-state index in [0.717, 1.165) is 18.7 Å². The highest BCUT2D eigenvalue weighted by molar-refractivity contribution is 5.98. The molecule has 0 spiro atoms. The molecule has 2 bridgehead atoms. The van der Waals surface area contributed by atoms with Crippen molar-refractivity contribution in [2.75, 3.05) is 0 Å². The Kier molecular flexibility index (Phi) is 5.22. The van der Waals surface area contributed by atoms with Crippen molar-refractivity contribution in [3.05, 3.63) is 66.4 Å². The van der Waals surface area contributed by atoms with E-state index in [4.69, 9.17) is 4.74 Å². The van der Waals surface area contributed by atoms with Crippen molar-refractivity contribution in [1.82, 2.24) is 24.8 Å². The standard InChI is InChI=1S/C23H20F3N5O2/c1-13-14-10-17(18(11-14)33-19-6-5-15(12-30-19)23(24,25)26)31(13)22(32)20-16(4-2-7-27-20)21-28-8-3-9-29-21/h2-9,12-14,17-18H,10-11H2,1H3. The van der Waals surface area contributed by atoms with E-state index in [0.29, 0.717) is 17.8 Å². The van der Waals surface area contributed by atoms with Crippen molar-refractivity contribution < 1.29 is 22.7 Å². The van der Waals surface area contributed by atoms with Gasteiger partial charge in [0.2, 0.25) is 5.88 Å². The van der Waals surface area contributed by atoms with Crippen molar-refractivity contribution in [2.24, 2.45) is 5.92 Å². The fourth-order valence-corrected chi connectivity index (χ4v) is 4.78. The lowest BCUT2D eigenvalue weighted by atomic mass is 9.98. The number of pyridine rings is 2. The van der Waals surface area contributed by atoms with Crippen molar-refractivity contribution in [2.45, 2.75) is 44.1 Å². The van der Waals surface area contributed by atoms with Gasteiger partial charge in [0.05, 0.1) is 17.2 Å². The smallest absolute Gasteiger partial charge is 0.417 e. The third-order valence-corrected chi connectivity index (χ3v) is 6.37. The molecule has 1 aliphatic carbocycles. The van der Waals surface area contributed by atoms with E-state index in [1.807, 2.05) is 6.92 Å². The van der Waals surface area contributed by atoms with Gasteiger partial charge in [-0.3, -0.25) is 9.78 Å². The second-order valence-corrected chi connectivity index (χ2v) is 8.26. The molecular formula is C23H20F3N5O2. The number of amides is 1. The maximum atomic E-state index is 13.6. The number of hydrogen-bond acceptors (Lipinski definition) is 6. The molecule has 2 aliphatic rings. The second kappa shape index (κ2) is 8.09. The number of hydrogen-bond donors (Lipinski definition) is 0. The molecule has 0 aromatic carbocycles. The molecule has 3 aromatic heterocycles. The van der Waals surface area contributed by atoms with Crippen LogP contribution in [0.2, 0.25) is 0 Å². The van der Waals surface area contributed by atoms with E-state index in [-0.39, 0.29) is 41.6 Å². The van der Waals surface area contributed by atoms with Gasteiger partial charge in [-0.1, -0.05) is 0 Å². The number of halogens is 3. The Morgan fingerprint density at radius 1 is 1.03 bits per heavy atom. The van der Waals surface area contributed by atoms with Crippen LogP contribution in [-0.4, -0.2) is 48.9 Å². The van der Waals surface area contributed by atoms with Gasteiger partial charge in [-0.05, 0) is 49.9 Å². The summed E-state index contributed by atoms with van der Waals surface area (Å²) >= 11 is 0. The molecule has 5 rings (SSSR count). The molecule has 33 heavy (non-hydrogen) atoms. The van der Waals surface area contributed by atoms with E-state index in [1.165, 1.54) is 6.07 Å². The van der Waals surface area contributed by atoms with Crippen LogP contribution in [0.15, 0.2) is 55.1 Å². The normalized spacial score (nSPS) is 24.2. The number of nitrogens with zero attached hydrogens (tertiary/aromatic N) is 5. The largest absolute Gasteiger partial charge is 0.472 e. The molecule has 1 saturated heterocycles. The molecule has 1 saturated carbocycles. The average molecular weight is 455 g/mol. The number of likely N-dealkylation sites (tertiary alicyclic amines) is 1. The monoisotopic (exact) mass is 455 g/mol. The molecule has 1 amide bonds. The van der Waals surface area contributed by atoms with Gasteiger partial charge in [-0.15, -0.1) is 0 Å². The number of rotatable bonds is 4. The lowest BCUT2D eigenvalue weighted by Gasteiger charge is -2.37. The summed E-state index contributed by atoms with van der Waals surface area (Å²) in [6, 6.07) is 7.09. The molecule has 10 heteroatoms. The first-order valence-corrected chi connectivity index (χ1v) is 10.6. The van der Waals surface area contributed by atoms with Gasteiger partial charge < -0.3 is 9.64 Å². The Hall–Kier alpha value is -3.56. The van der Waals surface area contributed by atoms with Gasteiger partial charge in [0.15, 0.2) is 5.82 Å². The number of piperidine rings is 1. The summed E-state index contributed by atoms with van der Waals surface area (Å²) in [5.41, 5.74) is -0.0338. The molecule has 4 heterocycles. The summed E-state index contributed by atoms with van der Waals surface area (Å²) < 4.78 is 44.4. The number of fused-ring (bicyclic) bond motifs is 2. The van der Waals surface area contributed by atoms with Crippen LogP contribution in [0.1, 0.15) is 35.8 Å². The summed E-state index contributed by atoms with van der Waals surface area (Å²) in [5, 5.41) is 0. The molecule has 170 valence electrons. The van der Waals surface area contributed by atoms with Gasteiger partial charge in [-0.2, -0.15) is 13.2 Å². The molecule has 0 radical (unpaired) electrons. The maximum absolute atomic E-state index is 13.6. The molecule has 2 fully saturated rings. The Morgan fingerprint density at radius 3 is 2.45 bits per heavy atom. The van der Waals surface area contributed by atoms with E-state index in [1.54, 1.807) is 41.7 Å². The summed E-state index contributed by atoms with van der Waals surface area (Å²) in [6.07, 6.45) is 2.15. The number of carbonyl (C=O) groups excluding carboxylic acids is 1. The number of alkyl halides is 3. The summed E-state index contributed by atoms with van der Waals surface area (Å²) in [6.45, 7) is 2.00. The second-order valence-electron chi connectivity index (χ2n) is 8.26. The van der Waals surface area contributed by atoms with Gasteiger partial charge in [0, 0.05) is 36.9 Å². The molecule has 7 nitrogen and oxygen atoms in total. The highest BCUT2D eigenvalue weighted by Crippen LogP contribution is 2.45. The van der Waals surface area contributed by atoms with E-state index >= 15 is 0 Å². The highest BCUT2D eigenvalue weighted by atomic mass is 19.4. The first kappa shape index (κ1) is 21.3. The van der Waals surface area contributed by atoms with Crippen LogP contribution in [0.25, 0.3) is 11.4 Å². The average Bonchev–Trinajstić information content (AvgIpc) is 3.36. The predicted molar refractivity (Wildman–Crippen MR) is 111 cm³/mol. The Labute approximate surface area is 187 Å². The number of aromatic nitrogens is 4. The minimum Gasteiger partial charge on any atom is -0.472 e. The summed E-state index contributed by atoms with van der Waals surface area (Å²) in [5.74, 6) is 0.495. The Balaban J connectivity index is 1.39. The lowest BCUT2D eigenvalue weighted by molar-refractivity contribution is -0.137. The molecule has 3 aromatic rings. The zero-order valence-electron chi connectivity index (χ0n) is 17.6. The molecule has 0 N–H and O–H groups in total. The Morgan fingerprint density at radius 2 is 1.79 bits per heavy atom. The number of ether oxygens (including phenoxy) is 1. The van der Waals surface area contributed by atoms with E-state index in [2.05, 4.69) is 19.9 Å². The van der Waals surface area contributed by atoms with Crippen LogP contribution in [0.5, 0.6) is 5.88 Å². The van der Waals surface area contributed by atoms with Crippen LogP contribution < -0.4 is 4.74 Å². The zero-order valence-corrected chi connectivity index (χ0v) is 17.6. The topological polar surface area (TPSA) is 81.1 Å². The van der Waals surface area contributed by atoms with Crippen molar-refractivity contribution in [1.29, 1.82) is 0 Å². The van der Waals surface area contributed by atoms with Gasteiger partial charge in [0.1, 0.15) is 11.8 Å². The van der Waals surface area contributed by atoms with Crippen LogP contribution in [-0.2, 0) is 6.18 Å². The van der Waals surface area contributed by atoms with Crippen LogP contribution in [0.3, 0.4) is 0 Å². The molecule has 4 unspecified atom stereocenters. The van der Waals surface area contributed by atoms with Crippen LogP contribution in [0.4, 0.5) is 13.2 Å². The van der Waals surface area contributed by atoms with Crippen molar-refractivity contribution in [3.63, 3.8) is 0 Å². The van der Waals surface area contributed by atoms with Gasteiger partial charge in [0.25, 0.3) is 5.91 Å². The summed E-state index contributed by atoms with van der Waals surface area (Å²) in [7, 11) is 0. The number of carbonyl (C=O) groups is 1. The first-order valence-electron chi connectivity index (χ1n) is 10.6. The fourth-order valence-electron chi connectivity index (χ4n) is 4.78. The van der Waals surface area contributed by atoms with E-state index < -0.39 is 11.7 Å². The SMILES string of the molecule is CC1C2CC(Oc3ccc(C(F)(F)F)cn3)C(C2)N1C(=O)c1ncccc1-c1ncccn1. The fraction of sp³-hybridized carbons (Fsp3) is 0.348. The quantitative estimate of drug-likeness (QED) is 0.591. The summed E-state index contributed by atoms with van der Waals surface area (Å²) in [4.78, 5) is 32.0. The first-order chi connectivity index (χ1) is 15.8. The zero-order chi connectivity index (χ0) is 23.2. The Bertz CT molecular complexity index is 1160. The van der Waals surface area contributed by atoms with Crippen LogP contribution >= 0.6 is 0 Å². The maximum Gasteiger partial charge on any atom is 0.417 e.